The maximum absolute atomic E-state index is 6.51. The largest absolute Gasteiger partial charge is 0.455 e. The topological polar surface area (TPSA) is 21.3 Å². The Morgan fingerprint density at radius 3 is 1.90 bits per heavy atom. The zero-order chi connectivity index (χ0) is 38.2. The lowest BCUT2D eigenvalue weighted by atomic mass is 10.00. The molecule has 0 N–H and O–H groups in total. The quantitative estimate of drug-likeness (QED) is 0.168. The molecule has 58 heavy (non-hydrogen) atoms. The number of rotatable bonds is 6. The van der Waals surface area contributed by atoms with Gasteiger partial charge in [0.15, 0.2) is 0 Å². The van der Waals surface area contributed by atoms with Crippen LogP contribution < -0.4 is 4.90 Å². The first-order chi connectivity index (χ1) is 28.7. The summed E-state index contributed by atoms with van der Waals surface area (Å²) in [4.78, 5) is 2.40. The molecule has 9 aromatic carbocycles. The van der Waals surface area contributed by atoms with Crippen molar-refractivity contribution in [3.8, 4) is 27.9 Å². The second kappa shape index (κ2) is 13.1. The van der Waals surface area contributed by atoms with E-state index in [1.807, 2.05) is 17.4 Å². The molecule has 0 bridgehead atoms. The summed E-state index contributed by atoms with van der Waals surface area (Å²) in [5.74, 6) is 0. The van der Waals surface area contributed by atoms with Gasteiger partial charge in [-0.1, -0.05) is 127 Å². The molecule has 0 spiro atoms. The van der Waals surface area contributed by atoms with Crippen LogP contribution in [0.3, 0.4) is 0 Å². The van der Waals surface area contributed by atoms with Crippen molar-refractivity contribution in [3.05, 3.63) is 206 Å². The molecule has 3 heterocycles. The molecule has 0 aliphatic carbocycles. The fraction of sp³-hybridized carbons (Fsp3) is 0. The van der Waals surface area contributed by atoms with Crippen molar-refractivity contribution in [2.45, 2.75) is 0 Å². The summed E-state index contributed by atoms with van der Waals surface area (Å²) >= 11 is 1.85. The lowest BCUT2D eigenvalue weighted by molar-refractivity contribution is 0.670. The zero-order valence-corrected chi connectivity index (χ0v) is 32.2. The normalized spacial score (nSPS) is 11.8. The zero-order valence-electron chi connectivity index (χ0n) is 31.3. The predicted molar refractivity (Wildman–Crippen MR) is 247 cm³/mol. The highest BCUT2D eigenvalue weighted by Gasteiger charge is 2.19. The van der Waals surface area contributed by atoms with Crippen LogP contribution in [0.25, 0.3) is 91.9 Å². The summed E-state index contributed by atoms with van der Waals surface area (Å²) in [5, 5.41) is 7.28. The number of hydrogen-bond acceptors (Lipinski definition) is 3. The minimum absolute atomic E-state index is 0.893. The van der Waals surface area contributed by atoms with Gasteiger partial charge in [-0.25, -0.2) is 0 Å². The van der Waals surface area contributed by atoms with Gasteiger partial charge in [0.25, 0.3) is 0 Å². The fourth-order valence-corrected chi connectivity index (χ4v) is 9.97. The van der Waals surface area contributed by atoms with Gasteiger partial charge < -0.3 is 13.9 Å². The molecule has 3 nitrogen and oxygen atoms in total. The number of aromatic nitrogens is 1. The number of furan rings is 1. The Hall–Kier alpha value is -7.40. The molecule has 3 aromatic heterocycles. The Balaban J connectivity index is 1.01. The first-order valence-corrected chi connectivity index (χ1v) is 20.5. The van der Waals surface area contributed by atoms with Gasteiger partial charge in [0.05, 0.1) is 11.0 Å². The maximum Gasteiger partial charge on any atom is 0.143 e. The second-order valence-electron chi connectivity index (χ2n) is 14.9. The van der Waals surface area contributed by atoms with Crippen LogP contribution in [0.1, 0.15) is 0 Å². The van der Waals surface area contributed by atoms with E-state index >= 15 is 0 Å². The molecule has 4 heteroatoms. The summed E-state index contributed by atoms with van der Waals surface area (Å²) in [6.07, 6.45) is 0. The first kappa shape index (κ1) is 32.8. The van der Waals surface area contributed by atoms with Crippen molar-refractivity contribution in [1.29, 1.82) is 0 Å². The van der Waals surface area contributed by atoms with Crippen LogP contribution in [0.15, 0.2) is 211 Å². The van der Waals surface area contributed by atoms with E-state index in [4.69, 9.17) is 4.42 Å². The van der Waals surface area contributed by atoms with Crippen molar-refractivity contribution in [2.75, 3.05) is 4.90 Å². The van der Waals surface area contributed by atoms with Crippen LogP contribution in [0, 0.1) is 0 Å². The van der Waals surface area contributed by atoms with Crippen LogP contribution in [0.2, 0.25) is 0 Å². The number of benzene rings is 9. The van der Waals surface area contributed by atoms with E-state index in [1.165, 1.54) is 42.0 Å². The molecule has 0 amide bonds. The Kier molecular flexibility index (Phi) is 7.40. The molecular weight excluding hydrogens is 725 g/mol. The highest BCUT2D eigenvalue weighted by atomic mass is 32.1. The van der Waals surface area contributed by atoms with Gasteiger partial charge in [0.1, 0.15) is 11.2 Å². The molecule has 0 aliphatic rings. The Morgan fingerprint density at radius 2 is 1.03 bits per heavy atom. The standard InChI is InChI=1S/C54H34N2OS/c1-3-12-36(13-4-1)42-18-11-19-46-47-32-37(24-30-51(47)57-54(42)46)35-22-25-39(26-23-35)55(40-28-31-53-48(33-40)45-17-8-10-21-52(45)58-53)41-27-29-44-43-16-7-9-20-49(43)56(50(44)34-41)38-14-5-2-6-15-38/h1-34H. The van der Waals surface area contributed by atoms with Gasteiger partial charge in [-0.3, -0.25) is 0 Å². The molecule has 0 unspecified atom stereocenters. The third-order valence-corrected chi connectivity index (χ3v) is 12.7. The Bertz CT molecular complexity index is 3500. The summed E-state index contributed by atoms with van der Waals surface area (Å²) < 4.78 is 11.5. The van der Waals surface area contributed by atoms with Crippen LogP contribution in [-0.2, 0) is 0 Å². The van der Waals surface area contributed by atoms with E-state index in [1.54, 1.807) is 0 Å². The van der Waals surface area contributed by atoms with E-state index in [2.05, 4.69) is 210 Å². The predicted octanol–water partition coefficient (Wildman–Crippen LogP) is 15.9. The molecule has 12 aromatic rings. The van der Waals surface area contributed by atoms with Gasteiger partial charge in [0, 0.05) is 70.0 Å². The number of thiophene rings is 1. The number of para-hydroxylation sites is 3. The summed E-state index contributed by atoms with van der Waals surface area (Å²) in [6, 6.07) is 74.4. The van der Waals surface area contributed by atoms with Crippen LogP contribution in [0.4, 0.5) is 17.1 Å². The molecule has 0 saturated heterocycles. The number of fused-ring (bicyclic) bond motifs is 9. The van der Waals surface area contributed by atoms with Crippen molar-refractivity contribution >= 4 is 92.3 Å². The SMILES string of the molecule is c1ccc(-c2cccc3c2oc2ccc(-c4ccc(N(c5ccc6sc7ccccc7c6c5)c5ccc6c7ccccc7n(-c7ccccc7)c6c5)cc4)cc23)cc1. The smallest absolute Gasteiger partial charge is 0.143 e. The van der Waals surface area contributed by atoms with Crippen LogP contribution in [0.5, 0.6) is 0 Å². The number of hydrogen-bond donors (Lipinski definition) is 0. The Morgan fingerprint density at radius 1 is 0.379 bits per heavy atom. The summed E-state index contributed by atoms with van der Waals surface area (Å²) in [5.41, 5.74) is 13.2. The Labute approximate surface area is 338 Å². The highest BCUT2D eigenvalue weighted by molar-refractivity contribution is 7.25. The van der Waals surface area contributed by atoms with Gasteiger partial charge in [0.2, 0.25) is 0 Å². The van der Waals surface area contributed by atoms with Gasteiger partial charge in [-0.15, -0.1) is 11.3 Å². The number of anilines is 3. The molecule has 0 fully saturated rings. The van der Waals surface area contributed by atoms with Crippen molar-refractivity contribution < 1.29 is 4.42 Å². The van der Waals surface area contributed by atoms with Crippen molar-refractivity contribution in [3.63, 3.8) is 0 Å². The van der Waals surface area contributed by atoms with E-state index in [-0.39, 0.29) is 0 Å². The maximum atomic E-state index is 6.51. The highest BCUT2D eigenvalue weighted by Crippen LogP contribution is 2.44. The van der Waals surface area contributed by atoms with Crippen molar-refractivity contribution in [2.24, 2.45) is 0 Å². The van der Waals surface area contributed by atoms with Crippen LogP contribution >= 0.6 is 11.3 Å². The molecule has 0 radical (unpaired) electrons. The third kappa shape index (κ3) is 5.19. The fourth-order valence-electron chi connectivity index (χ4n) is 8.88. The molecule has 0 saturated carbocycles. The average molecular weight is 759 g/mol. The summed E-state index contributed by atoms with van der Waals surface area (Å²) in [6.45, 7) is 0. The van der Waals surface area contributed by atoms with Gasteiger partial charge in [-0.2, -0.15) is 0 Å². The molecule has 272 valence electrons. The first-order valence-electron chi connectivity index (χ1n) is 19.7. The van der Waals surface area contributed by atoms with Gasteiger partial charge in [-0.05, 0) is 95.6 Å². The minimum atomic E-state index is 0.893. The molecule has 12 rings (SSSR count). The molecule has 0 atom stereocenters. The summed E-state index contributed by atoms with van der Waals surface area (Å²) in [7, 11) is 0. The molecule has 0 aliphatic heterocycles. The second-order valence-corrected chi connectivity index (χ2v) is 16.0. The van der Waals surface area contributed by atoms with E-state index in [0.29, 0.717) is 0 Å². The van der Waals surface area contributed by atoms with Crippen molar-refractivity contribution in [1.82, 2.24) is 4.57 Å². The van der Waals surface area contributed by atoms with Gasteiger partial charge >= 0.3 is 0 Å². The average Bonchev–Trinajstić information content (AvgIpc) is 3.96. The molecular formula is C54H34N2OS. The van der Waals surface area contributed by atoms with E-state index in [0.717, 1.165) is 66.9 Å². The van der Waals surface area contributed by atoms with E-state index in [9.17, 15) is 0 Å². The lowest BCUT2D eigenvalue weighted by Gasteiger charge is -2.26. The monoisotopic (exact) mass is 758 g/mol. The minimum Gasteiger partial charge on any atom is -0.455 e. The third-order valence-electron chi connectivity index (χ3n) is 11.6. The van der Waals surface area contributed by atoms with Crippen LogP contribution in [-0.4, -0.2) is 4.57 Å². The number of nitrogens with zero attached hydrogens (tertiary/aromatic N) is 2. The lowest BCUT2D eigenvalue weighted by Crippen LogP contribution is -2.10. The van der Waals surface area contributed by atoms with E-state index < -0.39 is 0 Å².